The Morgan fingerprint density at radius 2 is 1.64 bits per heavy atom. The number of nitriles is 1. The number of carbonyl (C=O) groups is 2. The number of likely N-dealkylation sites (tertiary alicyclic amines) is 1. The maximum Gasteiger partial charge on any atom is 0.237 e. The first-order chi connectivity index (χ1) is 15.9. The van der Waals surface area contributed by atoms with Gasteiger partial charge >= 0.3 is 0 Å². The fourth-order valence-corrected chi connectivity index (χ4v) is 5.65. The van der Waals surface area contributed by atoms with E-state index in [1.807, 2.05) is 0 Å². The number of benzene rings is 1. The molecule has 0 bridgehead atoms. The van der Waals surface area contributed by atoms with Crippen LogP contribution in [0.2, 0.25) is 0 Å². The number of hydrogen-bond acceptors (Lipinski definition) is 5. The van der Waals surface area contributed by atoms with Gasteiger partial charge in [-0.25, -0.2) is 0 Å². The van der Waals surface area contributed by atoms with E-state index in [-0.39, 0.29) is 23.9 Å². The summed E-state index contributed by atoms with van der Waals surface area (Å²) in [6, 6.07) is 8.90. The topological polar surface area (TPSA) is 79.7 Å². The van der Waals surface area contributed by atoms with Crippen molar-refractivity contribution < 1.29 is 9.59 Å². The Bertz CT molecular complexity index is 874. The van der Waals surface area contributed by atoms with Gasteiger partial charge in [-0.15, -0.1) is 0 Å². The van der Waals surface area contributed by atoms with Crippen molar-refractivity contribution in [1.82, 2.24) is 15.1 Å². The van der Waals surface area contributed by atoms with E-state index >= 15 is 0 Å². The molecule has 4 rings (SSSR count). The molecule has 0 unspecified atom stereocenters. The average Bonchev–Trinajstić information content (AvgIpc) is 3.31. The van der Waals surface area contributed by atoms with Gasteiger partial charge in [0.25, 0.3) is 0 Å². The molecule has 0 spiro atoms. The number of nitrogens with one attached hydrogen (secondary N) is 1. The molecule has 178 valence electrons. The largest absolute Gasteiger partial charge is 0.368 e. The van der Waals surface area contributed by atoms with Crippen LogP contribution >= 0.6 is 0 Å². The lowest BCUT2D eigenvalue weighted by atomic mass is 9.85. The molecule has 1 saturated carbocycles. The van der Waals surface area contributed by atoms with Crippen molar-refractivity contribution in [2.75, 3.05) is 44.2 Å². The molecule has 7 nitrogen and oxygen atoms in total. The fourth-order valence-electron chi connectivity index (χ4n) is 5.65. The Labute approximate surface area is 197 Å². The van der Waals surface area contributed by atoms with E-state index < -0.39 is 0 Å². The highest BCUT2D eigenvalue weighted by Crippen LogP contribution is 2.27. The van der Waals surface area contributed by atoms with E-state index in [2.05, 4.69) is 53.2 Å². The second-order valence-corrected chi connectivity index (χ2v) is 9.96. The maximum absolute atomic E-state index is 13.1. The first kappa shape index (κ1) is 23.6. The molecular formula is C26H37N5O2. The van der Waals surface area contributed by atoms with Crippen LogP contribution in [0.5, 0.6) is 0 Å². The summed E-state index contributed by atoms with van der Waals surface area (Å²) in [5, 5.41) is 12.6. The van der Waals surface area contributed by atoms with E-state index in [0.29, 0.717) is 19.0 Å². The molecule has 7 heteroatoms. The summed E-state index contributed by atoms with van der Waals surface area (Å²) in [5.74, 6) is 0.436. The summed E-state index contributed by atoms with van der Waals surface area (Å²) >= 11 is 0. The number of anilines is 1. The van der Waals surface area contributed by atoms with Gasteiger partial charge in [-0.1, -0.05) is 6.07 Å². The van der Waals surface area contributed by atoms with E-state index in [4.69, 9.17) is 0 Å². The zero-order valence-corrected chi connectivity index (χ0v) is 20.1. The van der Waals surface area contributed by atoms with Crippen molar-refractivity contribution in [3.05, 3.63) is 29.3 Å². The van der Waals surface area contributed by atoms with Crippen LogP contribution in [0.1, 0.15) is 49.7 Å². The molecule has 33 heavy (non-hydrogen) atoms. The molecule has 1 aromatic carbocycles. The second kappa shape index (κ2) is 10.6. The third-order valence-electron chi connectivity index (χ3n) is 7.50. The predicted molar refractivity (Wildman–Crippen MR) is 129 cm³/mol. The minimum Gasteiger partial charge on any atom is -0.368 e. The Morgan fingerprint density at radius 3 is 2.27 bits per heavy atom. The molecule has 3 fully saturated rings. The van der Waals surface area contributed by atoms with Gasteiger partial charge in [0.15, 0.2) is 0 Å². The third kappa shape index (κ3) is 5.67. The molecule has 2 amide bonds. The number of hydrogen-bond donors (Lipinski definition) is 1. The lowest BCUT2D eigenvalue weighted by molar-refractivity contribution is -0.137. The quantitative estimate of drug-likeness (QED) is 0.745. The van der Waals surface area contributed by atoms with E-state index in [0.717, 1.165) is 64.7 Å². The van der Waals surface area contributed by atoms with Crippen LogP contribution in [0.4, 0.5) is 5.69 Å². The van der Waals surface area contributed by atoms with Crippen molar-refractivity contribution in [3.63, 3.8) is 0 Å². The number of piperazine rings is 1. The van der Waals surface area contributed by atoms with Gasteiger partial charge in [-0.2, -0.15) is 5.26 Å². The first-order valence-corrected chi connectivity index (χ1v) is 12.5. The zero-order chi connectivity index (χ0) is 23.4. The molecule has 2 aliphatic heterocycles. The molecule has 2 saturated heterocycles. The molecule has 1 aliphatic carbocycles. The molecule has 3 aliphatic rings. The Morgan fingerprint density at radius 1 is 0.970 bits per heavy atom. The third-order valence-corrected chi connectivity index (χ3v) is 7.50. The molecule has 1 atom stereocenters. The molecule has 2 heterocycles. The van der Waals surface area contributed by atoms with E-state index in [1.165, 1.54) is 16.8 Å². The Kier molecular flexibility index (Phi) is 7.54. The van der Waals surface area contributed by atoms with Crippen LogP contribution in [0.3, 0.4) is 0 Å². The van der Waals surface area contributed by atoms with Crippen LogP contribution < -0.4 is 10.2 Å². The number of amides is 2. The van der Waals surface area contributed by atoms with Crippen LogP contribution in [-0.4, -0.2) is 73.0 Å². The van der Waals surface area contributed by atoms with Crippen LogP contribution in [-0.2, 0) is 9.59 Å². The predicted octanol–water partition coefficient (Wildman–Crippen LogP) is 2.62. The number of rotatable bonds is 5. The van der Waals surface area contributed by atoms with Gasteiger partial charge in [0.1, 0.15) is 6.04 Å². The van der Waals surface area contributed by atoms with Crippen molar-refractivity contribution in [3.8, 4) is 6.07 Å². The molecule has 1 aromatic rings. The van der Waals surface area contributed by atoms with E-state index in [9.17, 15) is 14.9 Å². The minimum absolute atomic E-state index is 0.0268. The van der Waals surface area contributed by atoms with Crippen LogP contribution in [0.25, 0.3) is 0 Å². The zero-order valence-electron chi connectivity index (χ0n) is 20.1. The van der Waals surface area contributed by atoms with Gasteiger partial charge in [0.05, 0.1) is 12.6 Å². The normalized spacial score (nSPS) is 25.7. The van der Waals surface area contributed by atoms with Gasteiger partial charge in [0.2, 0.25) is 11.8 Å². The first-order valence-electron chi connectivity index (χ1n) is 12.5. The van der Waals surface area contributed by atoms with Crippen LogP contribution in [0, 0.1) is 31.1 Å². The van der Waals surface area contributed by atoms with Crippen molar-refractivity contribution in [1.29, 1.82) is 5.26 Å². The Hall–Kier alpha value is -2.59. The fraction of sp³-hybridized carbons (Fsp3) is 0.654. The highest BCUT2D eigenvalue weighted by molar-refractivity contribution is 5.80. The van der Waals surface area contributed by atoms with Gasteiger partial charge in [-0.3, -0.25) is 9.59 Å². The average molecular weight is 452 g/mol. The summed E-state index contributed by atoms with van der Waals surface area (Å²) in [4.78, 5) is 31.7. The lowest BCUT2D eigenvalue weighted by Gasteiger charge is -2.39. The molecule has 1 N–H and O–H groups in total. The molecular weight excluding hydrogens is 414 g/mol. The second-order valence-electron chi connectivity index (χ2n) is 9.96. The van der Waals surface area contributed by atoms with E-state index in [1.54, 1.807) is 4.90 Å². The molecule has 0 radical (unpaired) electrons. The van der Waals surface area contributed by atoms with Crippen molar-refractivity contribution in [2.24, 2.45) is 5.92 Å². The minimum atomic E-state index is -0.261. The standard InChI is InChI=1S/C26H37N5O2/c1-19-14-20(2)16-24(15-19)29-10-12-30(13-11-29)26(33)21-5-7-22(8-6-21)28-18-25(32)31-9-3-4-23(31)17-27/h14-16,21-23,28H,3-13,18H2,1-2H3/t21?,22?,23-/m0/s1. The monoisotopic (exact) mass is 451 g/mol. The van der Waals surface area contributed by atoms with Gasteiger partial charge in [0, 0.05) is 50.4 Å². The summed E-state index contributed by atoms with van der Waals surface area (Å²) in [7, 11) is 0. The summed E-state index contributed by atoms with van der Waals surface area (Å²) < 4.78 is 0. The van der Waals surface area contributed by atoms with Crippen LogP contribution in [0.15, 0.2) is 18.2 Å². The van der Waals surface area contributed by atoms with Gasteiger partial charge < -0.3 is 20.0 Å². The summed E-state index contributed by atoms with van der Waals surface area (Å²) in [6.45, 7) is 8.59. The Balaban J connectivity index is 1.19. The maximum atomic E-state index is 13.1. The smallest absolute Gasteiger partial charge is 0.237 e. The SMILES string of the molecule is Cc1cc(C)cc(N2CCN(C(=O)C3CCC(NCC(=O)N4CCC[C@H]4C#N)CC3)CC2)c1. The lowest BCUT2D eigenvalue weighted by Crippen LogP contribution is -2.51. The number of aryl methyl sites for hydroxylation is 2. The summed E-state index contributed by atoms with van der Waals surface area (Å²) in [6.07, 6.45) is 5.31. The highest BCUT2D eigenvalue weighted by Gasteiger charge is 2.32. The van der Waals surface area contributed by atoms with Gasteiger partial charge in [-0.05, 0) is 75.6 Å². The number of nitrogens with zero attached hydrogens (tertiary/aromatic N) is 4. The van der Waals surface area contributed by atoms with Crippen molar-refractivity contribution >= 4 is 17.5 Å². The highest BCUT2D eigenvalue weighted by atomic mass is 16.2. The molecule has 0 aromatic heterocycles. The number of carbonyl (C=O) groups excluding carboxylic acids is 2. The van der Waals surface area contributed by atoms with Crippen molar-refractivity contribution in [2.45, 2.75) is 64.5 Å². The summed E-state index contributed by atoms with van der Waals surface area (Å²) in [5.41, 5.74) is 3.82.